The average Bonchev–Trinajstić information content (AvgIpc) is 2.88. The van der Waals surface area contributed by atoms with Crippen molar-refractivity contribution in [2.75, 3.05) is 19.8 Å². The number of benzene rings is 1. The normalized spacial score (nSPS) is 15.1. The molecule has 0 saturated heterocycles. The van der Waals surface area contributed by atoms with Gasteiger partial charge in [0.25, 0.3) is 5.91 Å². The standard InChI is InChI=1S/C19H27NO5/c1-2-23-16-9-11-17(12-10-16)24-14-19(22)25-13-18(21)20-15-7-5-3-4-6-8-15/h9-12,15H,2-8,13-14H2,1H3,(H,20,21). The van der Waals surface area contributed by atoms with Crippen molar-refractivity contribution in [3.05, 3.63) is 24.3 Å². The summed E-state index contributed by atoms with van der Waals surface area (Å²) in [5, 5.41) is 2.94. The van der Waals surface area contributed by atoms with Gasteiger partial charge in [-0.25, -0.2) is 4.79 Å². The fourth-order valence-electron chi connectivity index (χ4n) is 2.82. The number of carbonyl (C=O) groups excluding carboxylic acids is 2. The molecule has 25 heavy (non-hydrogen) atoms. The van der Waals surface area contributed by atoms with Crippen LogP contribution in [-0.4, -0.2) is 37.7 Å². The molecule has 0 unspecified atom stereocenters. The smallest absolute Gasteiger partial charge is 0.344 e. The van der Waals surface area contributed by atoms with Gasteiger partial charge in [0.2, 0.25) is 0 Å². The largest absolute Gasteiger partial charge is 0.494 e. The summed E-state index contributed by atoms with van der Waals surface area (Å²) < 4.78 is 15.6. The molecule has 138 valence electrons. The van der Waals surface area contributed by atoms with Crippen molar-refractivity contribution in [1.82, 2.24) is 5.32 Å². The van der Waals surface area contributed by atoms with Crippen molar-refractivity contribution in [1.29, 1.82) is 0 Å². The van der Waals surface area contributed by atoms with Crippen LogP contribution in [0.15, 0.2) is 24.3 Å². The first-order valence-electron chi connectivity index (χ1n) is 8.98. The maximum absolute atomic E-state index is 11.9. The first-order chi connectivity index (χ1) is 12.2. The van der Waals surface area contributed by atoms with Gasteiger partial charge in [-0.1, -0.05) is 25.7 Å². The Hall–Kier alpha value is -2.24. The van der Waals surface area contributed by atoms with Gasteiger partial charge in [-0.3, -0.25) is 4.79 Å². The third kappa shape index (κ3) is 7.45. The summed E-state index contributed by atoms with van der Waals surface area (Å²) in [6.07, 6.45) is 6.73. The van der Waals surface area contributed by atoms with Crippen molar-refractivity contribution >= 4 is 11.9 Å². The fourth-order valence-corrected chi connectivity index (χ4v) is 2.82. The van der Waals surface area contributed by atoms with Crippen LogP contribution in [0, 0.1) is 0 Å². The molecular formula is C19H27NO5. The number of ether oxygens (including phenoxy) is 3. The van der Waals surface area contributed by atoms with Gasteiger partial charge in [-0.2, -0.15) is 0 Å². The Kier molecular flexibility index (Phi) is 8.09. The van der Waals surface area contributed by atoms with E-state index >= 15 is 0 Å². The zero-order chi connectivity index (χ0) is 17.9. The van der Waals surface area contributed by atoms with Gasteiger partial charge in [-0.05, 0) is 44.0 Å². The molecule has 0 radical (unpaired) electrons. The van der Waals surface area contributed by atoms with Crippen LogP contribution in [0.2, 0.25) is 0 Å². The lowest BCUT2D eigenvalue weighted by Gasteiger charge is -2.16. The highest BCUT2D eigenvalue weighted by Gasteiger charge is 2.16. The number of nitrogens with one attached hydrogen (secondary N) is 1. The number of rotatable bonds is 8. The second-order valence-electron chi connectivity index (χ2n) is 6.11. The van der Waals surface area contributed by atoms with Crippen LogP contribution in [0.3, 0.4) is 0 Å². The highest BCUT2D eigenvalue weighted by atomic mass is 16.6. The highest BCUT2D eigenvalue weighted by molar-refractivity contribution is 5.81. The molecule has 0 atom stereocenters. The van der Waals surface area contributed by atoms with Crippen LogP contribution < -0.4 is 14.8 Å². The lowest BCUT2D eigenvalue weighted by molar-refractivity contribution is -0.150. The molecule has 0 aromatic heterocycles. The van der Waals surface area contributed by atoms with Gasteiger partial charge in [0.15, 0.2) is 13.2 Å². The molecule has 1 saturated carbocycles. The minimum absolute atomic E-state index is 0.203. The van der Waals surface area contributed by atoms with Crippen molar-refractivity contribution in [2.45, 2.75) is 51.5 Å². The summed E-state index contributed by atoms with van der Waals surface area (Å²) in [6.45, 7) is 2.01. The van der Waals surface area contributed by atoms with Gasteiger partial charge in [0.1, 0.15) is 11.5 Å². The molecule has 6 nitrogen and oxygen atoms in total. The lowest BCUT2D eigenvalue weighted by atomic mass is 10.1. The molecule has 6 heteroatoms. The molecule has 1 N–H and O–H groups in total. The SMILES string of the molecule is CCOc1ccc(OCC(=O)OCC(=O)NC2CCCCCC2)cc1. The maximum Gasteiger partial charge on any atom is 0.344 e. The second-order valence-corrected chi connectivity index (χ2v) is 6.11. The Balaban J connectivity index is 1.63. The van der Waals surface area contributed by atoms with Gasteiger partial charge >= 0.3 is 5.97 Å². The van der Waals surface area contributed by atoms with Crippen LogP contribution in [0.5, 0.6) is 11.5 Å². The average molecular weight is 349 g/mol. The number of hydrogen-bond acceptors (Lipinski definition) is 5. The van der Waals surface area contributed by atoms with Crippen LogP contribution in [-0.2, 0) is 14.3 Å². The summed E-state index contributed by atoms with van der Waals surface area (Å²) in [5.74, 6) is 0.474. The molecular weight excluding hydrogens is 322 g/mol. The van der Waals surface area contributed by atoms with Crippen molar-refractivity contribution in [3.63, 3.8) is 0 Å². The minimum atomic E-state index is -0.565. The third-order valence-corrected chi connectivity index (χ3v) is 4.08. The van der Waals surface area contributed by atoms with E-state index in [9.17, 15) is 9.59 Å². The molecule has 1 amide bonds. The van der Waals surface area contributed by atoms with Crippen molar-refractivity contribution < 1.29 is 23.8 Å². The monoisotopic (exact) mass is 349 g/mol. The Morgan fingerprint density at radius 1 is 0.960 bits per heavy atom. The summed E-state index contributed by atoms with van der Waals surface area (Å²) >= 11 is 0. The Morgan fingerprint density at radius 3 is 2.16 bits per heavy atom. The first-order valence-corrected chi connectivity index (χ1v) is 8.98. The van der Waals surface area contributed by atoms with Crippen LogP contribution in [0.4, 0.5) is 0 Å². The van der Waals surface area contributed by atoms with E-state index in [1.54, 1.807) is 24.3 Å². The molecule has 2 rings (SSSR count). The van der Waals surface area contributed by atoms with Gasteiger partial charge in [0.05, 0.1) is 6.61 Å². The van der Waals surface area contributed by atoms with Crippen LogP contribution in [0.25, 0.3) is 0 Å². The Bertz CT molecular complexity index is 535. The quantitative estimate of drug-likeness (QED) is 0.577. The molecule has 1 aromatic rings. The number of hydrogen-bond donors (Lipinski definition) is 1. The zero-order valence-corrected chi connectivity index (χ0v) is 14.8. The molecule has 0 aliphatic heterocycles. The summed E-state index contributed by atoms with van der Waals surface area (Å²) in [4.78, 5) is 23.5. The lowest BCUT2D eigenvalue weighted by Crippen LogP contribution is -2.37. The fraction of sp³-hybridized carbons (Fsp3) is 0.579. The van der Waals surface area contributed by atoms with Crippen LogP contribution >= 0.6 is 0 Å². The minimum Gasteiger partial charge on any atom is -0.494 e. The van der Waals surface area contributed by atoms with Gasteiger partial charge in [0, 0.05) is 6.04 Å². The molecule has 0 bridgehead atoms. The maximum atomic E-state index is 11.9. The topological polar surface area (TPSA) is 73.9 Å². The molecule has 1 fully saturated rings. The third-order valence-electron chi connectivity index (χ3n) is 4.08. The van der Waals surface area contributed by atoms with Gasteiger partial charge in [-0.15, -0.1) is 0 Å². The summed E-state index contributed by atoms with van der Waals surface area (Å²) in [6, 6.07) is 7.18. The van der Waals surface area contributed by atoms with Crippen LogP contribution in [0.1, 0.15) is 45.4 Å². The van der Waals surface area contributed by atoms with Gasteiger partial charge < -0.3 is 19.5 Å². The molecule has 1 aliphatic rings. The van der Waals surface area contributed by atoms with E-state index in [0.717, 1.165) is 31.4 Å². The van der Waals surface area contributed by atoms with E-state index in [2.05, 4.69) is 5.32 Å². The number of esters is 1. The molecule has 1 aromatic carbocycles. The second kappa shape index (κ2) is 10.6. The first kappa shape index (κ1) is 19.1. The molecule has 0 heterocycles. The van der Waals surface area contributed by atoms with Crippen molar-refractivity contribution in [2.24, 2.45) is 0 Å². The van der Waals surface area contributed by atoms with E-state index in [-0.39, 0.29) is 25.2 Å². The highest BCUT2D eigenvalue weighted by Crippen LogP contribution is 2.18. The van der Waals surface area contributed by atoms with Crippen molar-refractivity contribution in [3.8, 4) is 11.5 Å². The number of amides is 1. The predicted octanol–water partition coefficient (Wildman–Crippen LogP) is 2.85. The van der Waals surface area contributed by atoms with E-state index in [0.29, 0.717) is 12.4 Å². The summed E-state index contributed by atoms with van der Waals surface area (Å²) in [5.41, 5.74) is 0. The zero-order valence-electron chi connectivity index (χ0n) is 14.8. The molecule has 0 spiro atoms. The van der Waals surface area contributed by atoms with E-state index < -0.39 is 5.97 Å². The van der Waals surface area contributed by atoms with E-state index in [1.807, 2.05) is 6.92 Å². The van der Waals surface area contributed by atoms with E-state index in [1.165, 1.54) is 12.8 Å². The predicted molar refractivity (Wildman–Crippen MR) is 93.7 cm³/mol. The Labute approximate surface area is 148 Å². The summed E-state index contributed by atoms with van der Waals surface area (Å²) in [7, 11) is 0. The van der Waals surface area contributed by atoms with E-state index in [4.69, 9.17) is 14.2 Å². The Morgan fingerprint density at radius 2 is 1.56 bits per heavy atom. The number of carbonyl (C=O) groups is 2. The molecule has 1 aliphatic carbocycles.